The van der Waals surface area contributed by atoms with Crippen LogP contribution in [0.2, 0.25) is 0 Å². The van der Waals surface area contributed by atoms with Gasteiger partial charge in [-0.3, -0.25) is 0 Å². The van der Waals surface area contributed by atoms with Crippen LogP contribution in [0.15, 0.2) is 12.8 Å². The third-order valence-electron chi connectivity index (χ3n) is 1.28. The van der Waals surface area contributed by atoms with E-state index in [0.717, 1.165) is 0 Å². The number of carbonyl (C=O) groups is 1. The van der Waals surface area contributed by atoms with Crippen LogP contribution in [-0.4, -0.2) is 26.1 Å². The number of nitrogens with zero attached hydrogens (tertiary/aromatic N) is 3. The smallest absolute Gasteiger partial charge is 0.337 e. The van der Waals surface area contributed by atoms with Crippen molar-refractivity contribution >= 4 is 11.5 Å². The Hall–Kier alpha value is -1.65. The molecule has 5 heteroatoms. The Morgan fingerprint density at radius 3 is 2.82 bits per heavy atom. The molecule has 0 atom stereocenters. The standard InChI is InChI=1S/C6H7N3O2/c1-4(6(10)11)5-3-7-8-9(5)2/h3H,1H2,2H3,(H,10,11). The lowest BCUT2D eigenvalue weighted by Crippen LogP contribution is -2.03. The fourth-order valence-electron chi connectivity index (χ4n) is 0.672. The number of carboxylic acid groups (broad SMARTS) is 1. The number of aliphatic carboxylic acids is 1. The second-order valence-electron chi connectivity index (χ2n) is 2.03. The molecule has 1 aromatic rings. The van der Waals surface area contributed by atoms with Crippen molar-refractivity contribution in [3.8, 4) is 0 Å². The zero-order valence-electron chi connectivity index (χ0n) is 5.98. The maximum Gasteiger partial charge on any atom is 0.337 e. The van der Waals surface area contributed by atoms with Crippen LogP contribution >= 0.6 is 0 Å². The summed E-state index contributed by atoms with van der Waals surface area (Å²) in [5.74, 6) is -1.06. The Labute approximate surface area is 63.0 Å². The SMILES string of the molecule is C=C(C(=O)O)c1cnnn1C. The molecular weight excluding hydrogens is 146 g/mol. The molecule has 0 saturated heterocycles. The molecule has 0 fully saturated rings. The molecule has 0 unspecified atom stereocenters. The van der Waals surface area contributed by atoms with Gasteiger partial charge in [0.25, 0.3) is 0 Å². The maximum absolute atomic E-state index is 10.4. The molecule has 1 N–H and O–H groups in total. The summed E-state index contributed by atoms with van der Waals surface area (Å²) >= 11 is 0. The lowest BCUT2D eigenvalue weighted by Gasteiger charge is -1.97. The summed E-state index contributed by atoms with van der Waals surface area (Å²) in [6, 6.07) is 0. The van der Waals surface area contributed by atoms with Crippen molar-refractivity contribution in [2.45, 2.75) is 0 Å². The van der Waals surface area contributed by atoms with Gasteiger partial charge in [0.05, 0.1) is 17.5 Å². The van der Waals surface area contributed by atoms with Crippen LogP contribution in [0, 0.1) is 0 Å². The fourth-order valence-corrected chi connectivity index (χ4v) is 0.672. The molecule has 58 valence electrons. The third-order valence-corrected chi connectivity index (χ3v) is 1.28. The molecule has 0 aromatic carbocycles. The van der Waals surface area contributed by atoms with Gasteiger partial charge in [0.15, 0.2) is 0 Å². The molecule has 0 bridgehead atoms. The Kier molecular flexibility index (Phi) is 1.72. The molecule has 0 radical (unpaired) electrons. The summed E-state index contributed by atoms with van der Waals surface area (Å²) in [5, 5.41) is 15.6. The maximum atomic E-state index is 10.4. The van der Waals surface area contributed by atoms with E-state index in [1.807, 2.05) is 0 Å². The van der Waals surface area contributed by atoms with E-state index in [2.05, 4.69) is 16.9 Å². The molecule has 0 spiro atoms. The molecule has 0 amide bonds. The van der Waals surface area contributed by atoms with Gasteiger partial charge in [-0.1, -0.05) is 11.8 Å². The lowest BCUT2D eigenvalue weighted by molar-refractivity contribution is -0.130. The average Bonchev–Trinajstić information content (AvgIpc) is 2.33. The second kappa shape index (κ2) is 2.53. The van der Waals surface area contributed by atoms with Gasteiger partial charge < -0.3 is 5.11 Å². The summed E-state index contributed by atoms with van der Waals surface area (Å²) in [6.45, 7) is 3.36. The van der Waals surface area contributed by atoms with Crippen LogP contribution in [0.4, 0.5) is 0 Å². The first-order chi connectivity index (χ1) is 5.13. The number of aryl methyl sites for hydroxylation is 1. The number of aromatic nitrogens is 3. The molecule has 0 aliphatic rings. The van der Waals surface area contributed by atoms with E-state index in [-0.39, 0.29) is 5.57 Å². The van der Waals surface area contributed by atoms with Crippen LogP contribution in [0.25, 0.3) is 5.57 Å². The number of rotatable bonds is 2. The van der Waals surface area contributed by atoms with Crippen molar-refractivity contribution in [2.24, 2.45) is 7.05 Å². The van der Waals surface area contributed by atoms with Crippen LogP contribution < -0.4 is 0 Å². The minimum atomic E-state index is -1.06. The van der Waals surface area contributed by atoms with Crippen molar-refractivity contribution in [1.29, 1.82) is 0 Å². The average molecular weight is 153 g/mol. The van der Waals surface area contributed by atoms with E-state index in [0.29, 0.717) is 5.69 Å². The first kappa shape index (κ1) is 7.46. The van der Waals surface area contributed by atoms with Gasteiger partial charge in [-0.05, 0) is 0 Å². The summed E-state index contributed by atoms with van der Waals surface area (Å²) in [4.78, 5) is 10.4. The van der Waals surface area contributed by atoms with Gasteiger partial charge in [0.1, 0.15) is 0 Å². The van der Waals surface area contributed by atoms with Gasteiger partial charge in [0.2, 0.25) is 0 Å². The Morgan fingerprint density at radius 2 is 2.45 bits per heavy atom. The van der Waals surface area contributed by atoms with Gasteiger partial charge in [-0.25, -0.2) is 9.48 Å². The minimum Gasteiger partial charge on any atom is -0.478 e. The first-order valence-electron chi connectivity index (χ1n) is 2.90. The van der Waals surface area contributed by atoms with E-state index < -0.39 is 5.97 Å². The van der Waals surface area contributed by atoms with E-state index in [4.69, 9.17) is 5.11 Å². The largest absolute Gasteiger partial charge is 0.478 e. The Morgan fingerprint density at radius 1 is 1.82 bits per heavy atom. The Balaban J connectivity index is 3.02. The van der Waals surface area contributed by atoms with Gasteiger partial charge in [-0.15, -0.1) is 5.10 Å². The van der Waals surface area contributed by atoms with Crippen molar-refractivity contribution < 1.29 is 9.90 Å². The second-order valence-corrected chi connectivity index (χ2v) is 2.03. The Bertz CT molecular complexity index is 303. The highest BCUT2D eigenvalue weighted by Crippen LogP contribution is 2.07. The van der Waals surface area contributed by atoms with E-state index in [1.54, 1.807) is 7.05 Å². The van der Waals surface area contributed by atoms with Crippen molar-refractivity contribution in [3.05, 3.63) is 18.5 Å². The molecule has 0 aliphatic carbocycles. The predicted octanol–water partition coefficient (Wildman–Crippen LogP) is -0.0871. The van der Waals surface area contributed by atoms with E-state index >= 15 is 0 Å². The molecule has 1 rings (SSSR count). The third kappa shape index (κ3) is 1.26. The topological polar surface area (TPSA) is 68.0 Å². The highest BCUT2D eigenvalue weighted by Gasteiger charge is 2.10. The highest BCUT2D eigenvalue weighted by atomic mass is 16.4. The molecule has 11 heavy (non-hydrogen) atoms. The fraction of sp³-hybridized carbons (Fsp3) is 0.167. The van der Waals surface area contributed by atoms with Gasteiger partial charge in [-0.2, -0.15) is 0 Å². The van der Waals surface area contributed by atoms with Crippen molar-refractivity contribution in [3.63, 3.8) is 0 Å². The van der Waals surface area contributed by atoms with Crippen LogP contribution in [-0.2, 0) is 11.8 Å². The molecule has 1 aromatic heterocycles. The van der Waals surface area contributed by atoms with Crippen molar-refractivity contribution in [1.82, 2.24) is 15.0 Å². The minimum absolute atomic E-state index is 0.00231. The summed E-state index contributed by atoms with van der Waals surface area (Å²) in [6.07, 6.45) is 1.36. The number of hydrogen-bond acceptors (Lipinski definition) is 3. The van der Waals surface area contributed by atoms with Gasteiger partial charge >= 0.3 is 5.97 Å². The summed E-state index contributed by atoms with van der Waals surface area (Å²) in [5.41, 5.74) is 0.412. The molecule has 5 nitrogen and oxygen atoms in total. The molecule has 0 aliphatic heterocycles. The zero-order chi connectivity index (χ0) is 8.43. The van der Waals surface area contributed by atoms with Crippen LogP contribution in [0.3, 0.4) is 0 Å². The normalized spacial score (nSPS) is 9.55. The lowest BCUT2D eigenvalue weighted by atomic mass is 10.2. The predicted molar refractivity (Wildman–Crippen MR) is 37.7 cm³/mol. The quantitative estimate of drug-likeness (QED) is 0.603. The molecular formula is C6H7N3O2. The molecule has 1 heterocycles. The zero-order valence-corrected chi connectivity index (χ0v) is 5.98. The number of carboxylic acids is 1. The van der Waals surface area contributed by atoms with Crippen molar-refractivity contribution in [2.75, 3.05) is 0 Å². The summed E-state index contributed by atoms with van der Waals surface area (Å²) < 4.78 is 1.36. The number of hydrogen-bond donors (Lipinski definition) is 1. The highest BCUT2D eigenvalue weighted by molar-refractivity contribution is 6.13. The monoisotopic (exact) mass is 153 g/mol. The molecule has 0 saturated carbocycles. The van der Waals surface area contributed by atoms with E-state index in [1.165, 1.54) is 10.9 Å². The summed E-state index contributed by atoms with van der Waals surface area (Å²) in [7, 11) is 1.61. The van der Waals surface area contributed by atoms with Gasteiger partial charge in [0, 0.05) is 7.05 Å². The first-order valence-corrected chi connectivity index (χ1v) is 2.90. The van der Waals surface area contributed by atoms with Crippen LogP contribution in [0.1, 0.15) is 5.69 Å². The van der Waals surface area contributed by atoms with E-state index in [9.17, 15) is 4.79 Å². The van der Waals surface area contributed by atoms with Crippen LogP contribution in [0.5, 0.6) is 0 Å².